The molecule has 1 aliphatic rings. The minimum Gasteiger partial charge on any atom is -0.497 e. The first-order chi connectivity index (χ1) is 13.4. The van der Waals surface area contributed by atoms with E-state index in [2.05, 4.69) is 0 Å². The van der Waals surface area contributed by atoms with E-state index in [1.54, 1.807) is 12.1 Å². The number of aliphatic carboxylic acids is 1. The zero-order valence-electron chi connectivity index (χ0n) is 15.8. The van der Waals surface area contributed by atoms with Gasteiger partial charge >= 0.3 is 5.97 Å². The largest absolute Gasteiger partial charge is 0.497 e. The van der Waals surface area contributed by atoms with E-state index in [-0.39, 0.29) is 11.4 Å². The van der Waals surface area contributed by atoms with Gasteiger partial charge in [-0.1, -0.05) is 43.2 Å². The summed E-state index contributed by atoms with van der Waals surface area (Å²) in [7, 11) is -2.36. The van der Waals surface area contributed by atoms with Gasteiger partial charge in [-0.25, -0.2) is 8.42 Å². The molecule has 1 aliphatic carbocycles. The second-order valence-electron chi connectivity index (χ2n) is 7.01. The summed E-state index contributed by atoms with van der Waals surface area (Å²) in [6.07, 6.45) is 2.65. The Kier molecular flexibility index (Phi) is 6.36. The highest BCUT2D eigenvalue weighted by Gasteiger charge is 2.40. The lowest BCUT2D eigenvalue weighted by molar-refractivity contribution is -0.144. The number of methoxy groups -OCH3 is 1. The number of sulfonamides is 1. The quantitative estimate of drug-likeness (QED) is 0.765. The molecular formula is C21H25NO5S. The van der Waals surface area contributed by atoms with E-state index in [0.29, 0.717) is 18.6 Å². The maximum Gasteiger partial charge on any atom is 0.308 e. The maximum absolute atomic E-state index is 13.5. The number of hydrogen-bond acceptors (Lipinski definition) is 4. The van der Waals surface area contributed by atoms with Crippen molar-refractivity contribution in [2.45, 2.75) is 43.2 Å². The van der Waals surface area contributed by atoms with Crippen molar-refractivity contribution >= 4 is 16.0 Å². The van der Waals surface area contributed by atoms with Gasteiger partial charge in [0.25, 0.3) is 0 Å². The van der Waals surface area contributed by atoms with Crippen LogP contribution in [0.15, 0.2) is 59.5 Å². The molecule has 1 N–H and O–H groups in total. The van der Waals surface area contributed by atoms with Gasteiger partial charge in [-0.05, 0) is 42.7 Å². The van der Waals surface area contributed by atoms with Gasteiger partial charge < -0.3 is 9.84 Å². The van der Waals surface area contributed by atoms with Crippen molar-refractivity contribution in [3.63, 3.8) is 0 Å². The summed E-state index contributed by atoms with van der Waals surface area (Å²) in [5, 5.41) is 9.69. The fourth-order valence-corrected chi connectivity index (χ4v) is 5.45. The van der Waals surface area contributed by atoms with Crippen LogP contribution >= 0.6 is 0 Å². The Balaban J connectivity index is 2.02. The molecule has 7 heteroatoms. The molecule has 150 valence electrons. The number of carbonyl (C=O) groups is 1. The molecule has 0 bridgehead atoms. The molecule has 0 aromatic heterocycles. The van der Waals surface area contributed by atoms with Crippen molar-refractivity contribution in [2.75, 3.05) is 7.11 Å². The van der Waals surface area contributed by atoms with Gasteiger partial charge in [0.05, 0.1) is 17.9 Å². The van der Waals surface area contributed by atoms with Gasteiger partial charge in [0.1, 0.15) is 5.75 Å². The van der Waals surface area contributed by atoms with Crippen LogP contribution in [0.4, 0.5) is 0 Å². The fourth-order valence-electron chi connectivity index (χ4n) is 3.77. The molecular weight excluding hydrogens is 378 g/mol. The number of nitrogens with zero attached hydrogens (tertiary/aromatic N) is 1. The summed E-state index contributed by atoms with van der Waals surface area (Å²) >= 11 is 0. The van der Waals surface area contributed by atoms with Crippen molar-refractivity contribution in [1.82, 2.24) is 4.31 Å². The van der Waals surface area contributed by atoms with E-state index in [1.807, 2.05) is 30.3 Å². The molecule has 0 saturated heterocycles. The van der Waals surface area contributed by atoms with E-state index < -0.39 is 28.0 Å². The summed E-state index contributed by atoms with van der Waals surface area (Å²) in [6.45, 7) is 0.143. The van der Waals surface area contributed by atoms with Crippen LogP contribution < -0.4 is 4.74 Å². The number of rotatable bonds is 7. The van der Waals surface area contributed by atoms with Gasteiger partial charge in [0, 0.05) is 12.6 Å². The first-order valence-corrected chi connectivity index (χ1v) is 10.8. The Bertz CT molecular complexity index is 896. The third-order valence-corrected chi connectivity index (χ3v) is 7.15. The molecule has 0 amide bonds. The molecule has 2 atom stereocenters. The molecule has 0 radical (unpaired) electrons. The van der Waals surface area contributed by atoms with Crippen LogP contribution in [0, 0.1) is 5.92 Å². The Hall–Kier alpha value is -2.38. The standard InChI is InChI=1S/C21H25NO5S/c1-27-17-11-13-18(14-12-17)28(25,26)22(15-16-7-3-2-4-8-16)20-10-6-5-9-19(20)21(23)24/h2-4,7-8,11-14,19-20H,5-6,9-10,15H2,1H3,(H,23,24)/t19-,20+/m1/s1. The van der Waals surface area contributed by atoms with Crippen LogP contribution in [0.1, 0.15) is 31.2 Å². The fraction of sp³-hybridized carbons (Fsp3) is 0.381. The second-order valence-corrected chi connectivity index (χ2v) is 8.90. The Labute approximate surface area is 165 Å². The summed E-state index contributed by atoms with van der Waals surface area (Å²) in [5.74, 6) is -1.08. The maximum atomic E-state index is 13.5. The molecule has 6 nitrogen and oxygen atoms in total. The minimum absolute atomic E-state index is 0.138. The van der Waals surface area contributed by atoms with Crippen LogP contribution in [0.25, 0.3) is 0 Å². The number of ether oxygens (including phenoxy) is 1. The van der Waals surface area contributed by atoms with Crippen LogP contribution in [0.5, 0.6) is 5.75 Å². The molecule has 2 aromatic rings. The molecule has 0 aliphatic heterocycles. The first kappa shape index (κ1) is 20.4. The summed E-state index contributed by atoms with van der Waals surface area (Å²) in [4.78, 5) is 12.0. The summed E-state index contributed by atoms with van der Waals surface area (Å²) < 4.78 is 33.5. The Morgan fingerprint density at radius 3 is 2.32 bits per heavy atom. The zero-order chi connectivity index (χ0) is 20.1. The normalized spacial score (nSPS) is 20.1. The van der Waals surface area contributed by atoms with Crippen LogP contribution in [-0.4, -0.2) is 37.0 Å². The second kappa shape index (κ2) is 8.75. The monoisotopic (exact) mass is 403 g/mol. The van der Waals surface area contributed by atoms with Crippen LogP contribution in [0.3, 0.4) is 0 Å². The van der Waals surface area contributed by atoms with Gasteiger partial charge in [-0.15, -0.1) is 0 Å². The SMILES string of the molecule is COc1ccc(S(=O)(=O)N(Cc2ccccc2)[C@H]2CCCC[C@H]2C(=O)O)cc1. The average molecular weight is 404 g/mol. The van der Waals surface area contributed by atoms with E-state index in [4.69, 9.17) is 4.74 Å². The van der Waals surface area contributed by atoms with Crippen LogP contribution in [0.2, 0.25) is 0 Å². The summed E-state index contributed by atoms with van der Waals surface area (Å²) in [6, 6.07) is 14.9. The van der Waals surface area contributed by atoms with Crippen LogP contribution in [-0.2, 0) is 21.4 Å². The molecule has 1 saturated carbocycles. The summed E-state index contributed by atoms with van der Waals surface area (Å²) in [5.41, 5.74) is 0.828. The first-order valence-electron chi connectivity index (χ1n) is 9.36. The molecule has 1 fully saturated rings. The van der Waals surface area contributed by atoms with Gasteiger partial charge in [-0.2, -0.15) is 4.31 Å². The highest BCUT2D eigenvalue weighted by Crippen LogP contribution is 2.34. The lowest BCUT2D eigenvalue weighted by atomic mass is 9.84. The number of hydrogen-bond donors (Lipinski definition) is 1. The highest BCUT2D eigenvalue weighted by molar-refractivity contribution is 7.89. The molecule has 28 heavy (non-hydrogen) atoms. The van der Waals surface area contributed by atoms with Crippen molar-refractivity contribution in [2.24, 2.45) is 5.92 Å². The topological polar surface area (TPSA) is 83.9 Å². The number of carboxylic acids is 1. The Morgan fingerprint density at radius 2 is 1.71 bits per heavy atom. The average Bonchev–Trinajstić information content (AvgIpc) is 2.72. The van der Waals surface area contributed by atoms with E-state index in [1.165, 1.54) is 23.5 Å². The predicted octanol–water partition coefficient (Wildman–Crippen LogP) is 3.53. The van der Waals surface area contributed by atoms with E-state index >= 15 is 0 Å². The Morgan fingerprint density at radius 1 is 1.07 bits per heavy atom. The van der Waals surface area contributed by atoms with E-state index in [9.17, 15) is 18.3 Å². The van der Waals surface area contributed by atoms with E-state index in [0.717, 1.165) is 18.4 Å². The van der Waals surface area contributed by atoms with Gasteiger partial charge in [0.15, 0.2) is 0 Å². The lowest BCUT2D eigenvalue weighted by Gasteiger charge is -2.37. The van der Waals surface area contributed by atoms with Crippen molar-refractivity contribution in [3.8, 4) is 5.75 Å². The third kappa shape index (κ3) is 4.36. The van der Waals surface area contributed by atoms with Crippen molar-refractivity contribution in [3.05, 3.63) is 60.2 Å². The number of carboxylic acid groups (broad SMARTS) is 1. The molecule has 3 rings (SSSR count). The lowest BCUT2D eigenvalue weighted by Crippen LogP contribution is -2.47. The van der Waals surface area contributed by atoms with Crippen molar-refractivity contribution < 1.29 is 23.1 Å². The highest BCUT2D eigenvalue weighted by atomic mass is 32.2. The third-order valence-electron chi connectivity index (χ3n) is 5.26. The molecule has 0 spiro atoms. The molecule has 2 aromatic carbocycles. The van der Waals surface area contributed by atoms with Gasteiger partial charge in [-0.3, -0.25) is 4.79 Å². The zero-order valence-corrected chi connectivity index (χ0v) is 16.6. The minimum atomic E-state index is -3.88. The van der Waals surface area contributed by atoms with Crippen molar-refractivity contribution in [1.29, 1.82) is 0 Å². The smallest absolute Gasteiger partial charge is 0.308 e. The number of benzene rings is 2. The molecule has 0 heterocycles. The molecule has 0 unspecified atom stereocenters. The van der Waals surface area contributed by atoms with Gasteiger partial charge in [0.2, 0.25) is 10.0 Å². The predicted molar refractivity (Wildman–Crippen MR) is 106 cm³/mol.